The molecule has 0 saturated carbocycles. The second-order valence-corrected chi connectivity index (χ2v) is 6.60. The Morgan fingerprint density at radius 3 is 2.41 bits per heavy atom. The number of aryl methyl sites for hydroxylation is 1. The predicted octanol–water partition coefficient (Wildman–Crippen LogP) is 0.457. The summed E-state index contributed by atoms with van der Waals surface area (Å²) in [6.07, 6.45) is 0.0167. The summed E-state index contributed by atoms with van der Waals surface area (Å²) >= 11 is 0. The highest BCUT2D eigenvalue weighted by Crippen LogP contribution is 2.18. The van der Waals surface area contributed by atoms with E-state index in [-0.39, 0.29) is 18.8 Å². The summed E-state index contributed by atoms with van der Waals surface area (Å²) < 4.78 is 18.1. The van der Waals surface area contributed by atoms with Gasteiger partial charge in [-0.15, -0.1) is 0 Å². The van der Waals surface area contributed by atoms with E-state index in [0.717, 1.165) is 19.2 Å². The molecule has 2 amide bonds. The first-order valence-electron chi connectivity index (χ1n) is 8.81. The summed E-state index contributed by atoms with van der Waals surface area (Å²) in [5.74, 6) is -3.32. The summed E-state index contributed by atoms with van der Waals surface area (Å²) in [6.45, 7) is 2.70. The van der Waals surface area contributed by atoms with Crippen LogP contribution in [0.2, 0.25) is 0 Å². The minimum atomic E-state index is -1.26. The van der Waals surface area contributed by atoms with E-state index in [0.29, 0.717) is 5.56 Å². The maximum Gasteiger partial charge on any atom is 0.330 e. The van der Waals surface area contributed by atoms with Gasteiger partial charge in [0, 0.05) is 12.5 Å². The Balaban J connectivity index is 2.71. The number of amides is 2. The fraction of sp³-hybridized carbons (Fsp3) is 0.500. The van der Waals surface area contributed by atoms with Gasteiger partial charge < -0.3 is 20.5 Å². The number of nitro groups is 1. The molecular formula is C18H24FN3O7. The van der Waals surface area contributed by atoms with Crippen LogP contribution in [-0.4, -0.2) is 53.6 Å². The summed E-state index contributed by atoms with van der Waals surface area (Å²) in [5.41, 5.74) is -0.265. The summed E-state index contributed by atoms with van der Waals surface area (Å²) in [4.78, 5) is 45.9. The van der Waals surface area contributed by atoms with E-state index in [9.17, 15) is 34.0 Å². The van der Waals surface area contributed by atoms with Crippen molar-refractivity contribution < 1.29 is 33.5 Å². The van der Waals surface area contributed by atoms with E-state index in [1.807, 2.05) is 0 Å². The van der Waals surface area contributed by atoms with Crippen LogP contribution in [0.3, 0.4) is 0 Å². The fourth-order valence-electron chi connectivity index (χ4n) is 2.48. The number of carbonyl (C=O) groups excluding carboxylic acids is 3. The molecule has 0 radical (unpaired) electrons. The van der Waals surface area contributed by atoms with Gasteiger partial charge >= 0.3 is 11.7 Å². The standard InChI is InChI=1S/C18H24FN3O7/c1-10(2)16(17(25)20-13(9-23)18(26)29-3)21-15(24)7-5-11-4-6-14(22(27)28)12(19)8-11/h4,6,8,10,13,16,23H,5,7,9H2,1-3H3,(H,20,25)(H,21,24)/t13-,16-/m0/s1. The van der Waals surface area contributed by atoms with E-state index in [1.54, 1.807) is 13.8 Å². The number of benzene rings is 1. The van der Waals surface area contributed by atoms with Crippen LogP contribution in [0.25, 0.3) is 0 Å². The van der Waals surface area contributed by atoms with E-state index >= 15 is 0 Å². The van der Waals surface area contributed by atoms with Crippen LogP contribution in [0.5, 0.6) is 0 Å². The number of nitrogens with zero attached hydrogens (tertiary/aromatic N) is 1. The topological polar surface area (TPSA) is 148 Å². The van der Waals surface area contributed by atoms with E-state index < -0.39 is 52.9 Å². The number of rotatable bonds is 10. The maximum atomic E-state index is 13.6. The second-order valence-electron chi connectivity index (χ2n) is 6.60. The molecule has 10 nitrogen and oxygen atoms in total. The van der Waals surface area contributed by atoms with Gasteiger partial charge in [0.15, 0.2) is 6.04 Å². The van der Waals surface area contributed by atoms with Crippen LogP contribution in [0, 0.1) is 21.8 Å². The van der Waals surface area contributed by atoms with Crippen molar-refractivity contribution in [1.82, 2.24) is 10.6 Å². The van der Waals surface area contributed by atoms with Crippen LogP contribution in [-0.2, 0) is 25.5 Å². The van der Waals surface area contributed by atoms with Crippen molar-refractivity contribution >= 4 is 23.5 Å². The summed E-state index contributed by atoms with van der Waals surface area (Å²) in [5, 5.41) is 24.7. The highest BCUT2D eigenvalue weighted by atomic mass is 19.1. The van der Waals surface area contributed by atoms with Crippen LogP contribution in [0.15, 0.2) is 18.2 Å². The number of hydrogen-bond donors (Lipinski definition) is 3. The molecule has 0 saturated heterocycles. The molecule has 1 rings (SSSR count). The number of methoxy groups -OCH3 is 1. The third-order valence-electron chi connectivity index (χ3n) is 4.10. The molecule has 3 N–H and O–H groups in total. The molecule has 2 atom stereocenters. The molecule has 0 bridgehead atoms. The van der Waals surface area contributed by atoms with Crippen LogP contribution in [0.1, 0.15) is 25.8 Å². The number of esters is 1. The molecule has 0 heterocycles. The van der Waals surface area contributed by atoms with Crippen LogP contribution >= 0.6 is 0 Å². The van der Waals surface area contributed by atoms with Gasteiger partial charge in [-0.2, -0.15) is 4.39 Å². The zero-order chi connectivity index (χ0) is 22.1. The number of ether oxygens (including phenoxy) is 1. The lowest BCUT2D eigenvalue weighted by molar-refractivity contribution is -0.387. The molecule has 1 aromatic rings. The lowest BCUT2D eigenvalue weighted by Crippen LogP contribution is -2.54. The average molecular weight is 413 g/mol. The largest absolute Gasteiger partial charge is 0.467 e. The molecule has 0 fully saturated rings. The van der Waals surface area contributed by atoms with Crippen molar-refractivity contribution in [1.29, 1.82) is 0 Å². The Kier molecular flexibility index (Phi) is 9.13. The van der Waals surface area contributed by atoms with E-state index in [4.69, 9.17) is 0 Å². The lowest BCUT2D eigenvalue weighted by Gasteiger charge is -2.24. The quantitative estimate of drug-likeness (QED) is 0.287. The Morgan fingerprint density at radius 1 is 1.28 bits per heavy atom. The summed E-state index contributed by atoms with van der Waals surface area (Å²) in [7, 11) is 1.11. The summed E-state index contributed by atoms with van der Waals surface area (Å²) in [6, 6.07) is 1.13. The number of aliphatic hydroxyl groups is 1. The molecule has 1 aromatic carbocycles. The van der Waals surface area contributed by atoms with Crippen molar-refractivity contribution in [3.05, 3.63) is 39.7 Å². The minimum Gasteiger partial charge on any atom is -0.467 e. The molecule has 0 aromatic heterocycles. The number of hydrogen-bond acceptors (Lipinski definition) is 7. The van der Waals surface area contributed by atoms with Crippen molar-refractivity contribution in [2.24, 2.45) is 5.92 Å². The average Bonchev–Trinajstić information content (AvgIpc) is 2.67. The molecule has 11 heteroatoms. The zero-order valence-corrected chi connectivity index (χ0v) is 16.3. The first-order valence-corrected chi connectivity index (χ1v) is 8.81. The van der Waals surface area contributed by atoms with Gasteiger partial charge in [-0.05, 0) is 24.0 Å². The maximum absolute atomic E-state index is 13.6. The predicted molar refractivity (Wildman–Crippen MR) is 99.2 cm³/mol. The van der Waals surface area contributed by atoms with Gasteiger partial charge in [0.1, 0.15) is 6.04 Å². The van der Waals surface area contributed by atoms with Gasteiger partial charge in [0.05, 0.1) is 18.6 Å². The Morgan fingerprint density at radius 2 is 1.93 bits per heavy atom. The monoisotopic (exact) mass is 413 g/mol. The van der Waals surface area contributed by atoms with Crippen molar-refractivity contribution in [3.63, 3.8) is 0 Å². The molecule has 29 heavy (non-hydrogen) atoms. The van der Waals surface area contributed by atoms with Gasteiger partial charge in [0.2, 0.25) is 17.6 Å². The highest BCUT2D eigenvalue weighted by molar-refractivity contribution is 5.91. The first kappa shape index (κ1) is 24.0. The molecule has 0 unspecified atom stereocenters. The fourth-order valence-corrected chi connectivity index (χ4v) is 2.48. The van der Waals surface area contributed by atoms with Crippen molar-refractivity contribution in [2.75, 3.05) is 13.7 Å². The number of nitro benzene ring substituents is 1. The number of aliphatic hydroxyl groups excluding tert-OH is 1. The van der Waals surface area contributed by atoms with Crippen molar-refractivity contribution in [3.8, 4) is 0 Å². The van der Waals surface area contributed by atoms with Crippen LogP contribution < -0.4 is 10.6 Å². The Hall–Kier alpha value is -3.08. The normalized spacial score (nSPS) is 12.8. The highest BCUT2D eigenvalue weighted by Gasteiger charge is 2.28. The zero-order valence-electron chi connectivity index (χ0n) is 16.3. The van der Waals surface area contributed by atoms with Gasteiger partial charge in [-0.25, -0.2) is 4.79 Å². The Labute approximate surface area is 166 Å². The first-order chi connectivity index (χ1) is 13.6. The third-order valence-corrected chi connectivity index (χ3v) is 4.10. The molecule has 0 aliphatic carbocycles. The molecule has 0 spiro atoms. The number of carbonyl (C=O) groups is 3. The van der Waals surface area contributed by atoms with E-state index in [1.165, 1.54) is 6.07 Å². The molecule has 0 aliphatic heterocycles. The lowest BCUT2D eigenvalue weighted by atomic mass is 10.0. The van der Waals surface area contributed by atoms with Crippen molar-refractivity contribution in [2.45, 2.75) is 38.8 Å². The Bertz CT molecular complexity index is 770. The molecular weight excluding hydrogens is 389 g/mol. The van der Waals surface area contributed by atoms with Gasteiger partial charge in [0.25, 0.3) is 0 Å². The van der Waals surface area contributed by atoms with Gasteiger partial charge in [-0.3, -0.25) is 19.7 Å². The SMILES string of the molecule is COC(=O)[C@H](CO)NC(=O)[C@@H](NC(=O)CCc1ccc([N+](=O)[O-])c(F)c1)C(C)C. The number of halogens is 1. The van der Waals surface area contributed by atoms with Gasteiger partial charge in [-0.1, -0.05) is 19.9 Å². The third kappa shape index (κ3) is 7.11. The minimum absolute atomic E-state index is 0.0891. The molecule has 160 valence electrons. The molecule has 0 aliphatic rings. The van der Waals surface area contributed by atoms with Crippen LogP contribution in [0.4, 0.5) is 10.1 Å². The van der Waals surface area contributed by atoms with E-state index in [2.05, 4.69) is 15.4 Å². The smallest absolute Gasteiger partial charge is 0.330 e. The second kappa shape index (κ2) is 11.1. The number of nitrogens with one attached hydrogen (secondary N) is 2.